The molecule has 40 heavy (non-hydrogen) atoms. The van der Waals surface area contributed by atoms with Gasteiger partial charge in [0.15, 0.2) is 0 Å². The largest absolute Gasteiger partial charge is 0.491 e. The highest BCUT2D eigenvalue weighted by Gasteiger charge is 2.18. The predicted molar refractivity (Wildman–Crippen MR) is 145 cm³/mol. The van der Waals surface area contributed by atoms with E-state index in [0.29, 0.717) is 85.8 Å². The normalized spacial score (nSPS) is 10.9. The summed E-state index contributed by atoms with van der Waals surface area (Å²) in [6, 6.07) is 13.0. The molecule has 2 aromatic rings. The van der Waals surface area contributed by atoms with Gasteiger partial charge < -0.3 is 38.5 Å². The fourth-order valence-electron chi connectivity index (χ4n) is 3.13. The number of anilines is 1. The first-order valence-electron chi connectivity index (χ1n) is 12.9. The van der Waals surface area contributed by atoms with Crippen LogP contribution in [0.1, 0.15) is 0 Å². The molecule has 0 heterocycles. The van der Waals surface area contributed by atoms with Gasteiger partial charge in [0.05, 0.1) is 95.2 Å². The summed E-state index contributed by atoms with van der Waals surface area (Å²) >= 11 is 0. The van der Waals surface area contributed by atoms with E-state index < -0.39 is 9.85 Å². The van der Waals surface area contributed by atoms with Crippen LogP contribution in [0.25, 0.3) is 0 Å². The van der Waals surface area contributed by atoms with Crippen LogP contribution in [0.3, 0.4) is 0 Å². The molecule has 0 saturated carbocycles. The van der Waals surface area contributed by atoms with E-state index >= 15 is 0 Å². The molecule has 0 bridgehead atoms. The average molecular weight is 568 g/mol. The summed E-state index contributed by atoms with van der Waals surface area (Å²) in [5, 5.41) is 24.7. The van der Waals surface area contributed by atoms with Crippen molar-refractivity contribution >= 4 is 17.1 Å². The van der Waals surface area contributed by atoms with Gasteiger partial charge in [0.1, 0.15) is 18.0 Å². The lowest BCUT2D eigenvalue weighted by molar-refractivity contribution is -0.393. The Morgan fingerprint density at radius 1 is 0.575 bits per heavy atom. The fourth-order valence-corrected chi connectivity index (χ4v) is 3.13. The summed E-state index contributed by atoms with van der Waals surface area (Å²) in [6.07, 6.45) is 0. The molecular formula is C26H37N3O11. The molecule has 0 aliphatic carbocycles. The molecule has 14 nitrogen and oxygen atoms in total. The lowest BCUT2D eigenvalue weighted by Gasteiger charge is -2.09. The van der Waals surface area contributed by atoms with Gasteiger partial charge in [0.2, 0.25) is 0 Å². The van der Waals surface area contributed by atoms with E-state index in [1.165, 1.54) is 12.1 Å². The monoisotopic (exact) mass is 567 g/mol. The van der Waals surface area contributed by atoms with Crippen molar-refractivity contribution in [3.05, 3.63) is 68.8 Å². The third-order valence-electron chi connectivity index (χ3n) is 5.05. The Balaban J connectivity index is 1.29. The van der Waals surface area contributed by atoms with Gasteiger partial charge in [-0.2, -0.15) is 0 Å². The van der Waals surface area contributed by atoms with Crippen molar-refractivity contribution in [2.75, 3.05) is 97.8 Å². The van der Waals surface area contributed by atoms with Crippen molar-refractivity contribution in [3.63, 3.8) is 0 Å². The maximum atomic E-state index is 11.1. The molecule has 2 rings (SSSR count). The Bertz CT molecular complexity index is 966. The van der Waals surface area contributed by atoms with Gasteiger partial charge in [-0.25, -0.2) is 0 Å². The van der Waals surface area contributed by atoms with E-state index in [0.717, 1.165) is 11.8 Å². The van der Waals surface area contributed by atoms with E-state index in [9.17, 15) is 20.2 Å². The summed E-state index contributed by atoms with van der Waals surface area (Å²) in [7, 11) is 0. The molecule has 0 unspecified atom stereocenters. The van der Waals surface area contributed by atoms with Crippen LogP contribution >= 0.6 is 0 Å². The second-order valence-corrected chi connectivity index (χ2v) is 7.98. The lowest BCUT2D eigenvalue weighted by Crippen LogP contribution is -2.15. The standard InChI is InChI=1S/C26H37N3O11/c30-28(31)23-6-7-25(26(22-23)29(32)33)27-8-9-34-10-11-35-12-13-36-14-15-37-16-17-38-18-19-39-20-21-40-24-4-2-1-3-5-24/h1-7,22,27H,8-21H2. The predicted octanol–water partition coefficient (Wildman–Crippen LogP) is 3.09. The van der Waals surface area contributed by atoms with Crippen LogP contribution in [-0.2, 0) is 28.4 Å². The number of benzene rings is 2. The van der Waals surface area contributed by atoms with Gasteiger partial charge in [-0.3, -0.25) is 20.2 Å². The Kier molecular flexibility index (Phi) is 17.6. The molecular weight excluding hydrogens is 530 g/mol. The minimum atomic E-state index is -0.680. The fraction of sp³-hybridized carbons (Fsp3) is 0.538. The van der Waals surface area contributed by atoms with E-state index in [1.807, 2.05) is 30.3 Å². The van der Waals surface area contributed by atoms with Gasteiger partial charge in [0, 0.05) is 12.6 Å². The van der Waals surface area contributed by atoms with Gasteiger partial charge in [-0.1, -0.05) is 18.2 Å². The number of nitrogens with one attached hydrogen (secondary N) is 1. The molecule has 0 aliphatic heterocycles. The van der Waals surface area contributed by atoms with Crippen molar-refractivity contribution in [1.82, 2.24) is 0 Å². The highest BCUT2D eigenvalue weighted by Crippen LogP contribution is 2.28. The van der Waals surface area contributed by atoms with Crippen molar-refractivity contribution in [2.45, 2.75) is 0 Å². The first-order chi connectivity index (χ1) is 19.6. The summed E-state index contributed by atoms with van der Waals surface area (Å²) < 4.78 is 38.1. The quantitative estimate of drug-likeness (QED) is 0.106. The van der Waals surface area contributed by atoms with Crippen molar-refractivity contribution in [2.24, 2.45) is 0 Å². The van der Waals surface area contributed by atoms with E-state index in [-0.39, 0.29) is 23.7 Å². The molecule has 0 aliphatic rings. The van der Waals surface area contributed by atoms with Crippen LogP contribution in [0, 0.1) is 20.2 Å². The number of nitro benzene ring substituents is 2. The van der Waals surface area contributed by atoms with Gasteiger partial charge in [0.25, 0.3) is 11.4 Å². The van der Waals surface area contributed by atoms with Gasteiger partial charge >= 0.3 is 0 Å². The first-order valence-corrected chi connectivity index (χ1v) is 12.9. The third kappa shape index (κ3) is 15.3. The number of hydrogen-bond acceptors (Lipinski definition) is 12. The topological polar surface area (TPSA) is 163 Å². The number of para-hydroxylation sites is 1. The number of non-ortho nitro benzene ring substituents is 1. The summed E-state index contributed by atoms with van der Waals surface area (Å²) in [5.41, 5.74) is -0.513. The van der Waals surface area contributed by atoms with Crippen molar-refractivity contribution < 1.29 is 43.0 Å². The number of hydrogen-bond donors (Lipinski definition) is 1. The Labute approximate surface area is 232 Å². The maximum absolute atomic E-state index is 11.1. The lowest BCUT2D eigenvalue weighted by atomic mass is 10.2. The molecule has 0 saturated heterocycles. The molecule has 222 valence electrons. The second-order valence-electron chi connectivity index (χ2n) is 7.98. The van der Waals surface area contributed by atoms with Gasteiger partial charge in [-0.05, 0) is 18.2 Å². The van der Waals surface area contributed by atoms with Crippen LogP contribution in [0.5, 0.6) is 5.75 Å². The molecule has 0 amide bonds. The zero-order chi connectivity index (χ0) is 28.7. The van der Waals surface area contributed by atoms with Crippen LogP contribution < -0.4 is 10.1 Å². The average Bonchev–Trinajstić information content (AvgIpc) is 2.96. The number of rotatable bonds is 25. The highest BCUT2D eigenvalue weighted by atomic mass is 16.6. The molecule has 0 aromatic heterocycles. The van der Waals surface area contributed by atoms with Gasteiger partial charge in [-0.15, -0.1) is 0 Å². The Morgan fingerprint density at radius 3 is 1.52 bits per heavy atom. The third-order valence-corrected chi connectivity index (χ3v) is 5.05. The van der Waals surface area contributed by atoms with Crippen LogP contribution in [-0.4, -0.2) is 102 Å². The van der Waals surface area contributed by atoms with E-state index in [1.54, 1.807) is 0 Å². The summed E-state index contributed by atoms with van der Waals surface area (Å²) in [6.45, 7) is 5.98. The maximum Gasteiger partial charge on any atom is 0.299 e. The van der Waals surface area contributed by atoms with E-state index in [2.05, 4.69) is 5.32 Å². The number of nitro groups is 2. The zero-order valence-corrected chi connectivity index (χ0v) is 22.4. The number of nitrogens with zero attached hydrogens (tertiary/aromatic N) is 2. The van der Waals surface area contributed by atoms with Crippen LogP contribution in [0.15, 0.2) is 48.5 Å². The van der Waals surface area contributed by atoms with Crippen molar-refractivity contribution in [3.8, 4) is 5.75 Å². The smallest absolute Gasteiger partial charge is 0.299 e. The summed E-state index contributed by atoms with van der Waals surface area (Å²) in [5.74, 6) is 0.824. The molecule has 1 N–H and O–H groups in total. The summed E-state index contributed by atoms with van der Waals surface area (Å²) in [4.78, 5) is 20.5. The van der Waals surface area contributed by atoms with Crippen LogP contribution in [0.2, 0.25) is 0 Å². The molecule has 0 spiro atoms. The number of ether oxygens (including phenoxy) is 7. The molecule has 0 atom stereocenters. The zero-order valence-electron chi connectivity index (χ0n) is 22.4. The highest BCUT2D eigenvalue weighted by molar-refractivity contribution is 5.65. The second kappa shape index (κ2) is 21.4. The molecule has 2 aromatic carbocycles. The molecule has 14 heteroatoms. The Morgan fingerprint density at radius 2 is 1.05 bits per heavy atom. The molecule has 0 radical (unpaired) electrons. The minimum absolute atomic E-state index is 0.190. The van der Waals surface area contributed by atoms with E-state index in [4.69, 9.17) is 33.2 Å². The molecule has 0 fully saturated rings. The first kappa shape index (κ1) is 32.8. The SMILES string of the molecule is O=[N+]([O-])c1ccc(NCCOCCOCCOCCOCCOCCOCCOc2ccccc2)c([N+](=O)[O-])c1. The Hall–Kier alpha value is -3.40. The minimum Gasteiger partial charge on any atom is -0.491 e. The van der Waals surface area contributed by atoms with Crippen molar-refractivity contribution in [1.29, 1.82) is 0 Å². The van der Waals surface area contributed by atoms with Crippen LogP contribution in [0.4, 0.5) is 17.1 Å².